The Morgan fingerprint density at radius 2 is 1.85 bits per heavy atom. The van der Waals surface area contributed by atoms with Crippen molar-refractivity contribution in [1.82, 2.24) is 19.7 Å². The molecular formula is C32H35FN5O7PS. The van der Waals surface area contributed by atoms with Gasteiger partial charge in [0.05, 0.1) is 16.9 Å². The molecule has 0 radical (unpaired) electrons. The Balaban J connectivity index is 1.19. The molecule has 3 saturated heterocycles. The van der Waals surface area contributed by atoms with Crippen LogP contribution in [0.15, 0.2) is 47.4 Å². The topological polar surface area (TPSA) is 173 Å². The molecule has 3 N–H and O–H groups in total. The number of carbonyl (C=O) groups is 3. The van der Waals surface area contributed by atoms with E-state index in [0.29, 0.717) is 41.3 Å². The lowest BCUT2D eigenvalue weighted by Gasteiger charge is -2.36. The molecule has 6 atom stereocenters. The molecule has 0 spiro atoms. The van der Waals surface area contributed by atoms with Crippen LogP contribution in [0, 0.1) is 17.2 Å². The quantitative estimate of drug-likeness (QED) is 0.331. The molecule has 248 valence electrons. The third kappa shape index (κ3) is 6.50. The van der Waals surface area contributed by atoms with Crippen molar-refractivity contribution in [2.24, 2.45) is 13.0 Å². The van der Waals surface area contributed by atoms with Gasteiger partial charge in [-0.3, -0.25) is 23.7 Å². The van der Waals surface area contributed by atoms with Gasteiger partial charge in [0.2, 0.25) is 17.7 Å². The average Bonchev–Trinajstić information content (AvgIpc) is 3.78. The normalized spacial score (nSPS) is 25.6. The van der Waals surface area contributed by atoms with Crippen LogP contribution in [0.5, 0.6) is 0 Å². The molecule has 1 unspecified atom stereocenters. The first-order valence-corrected chi connectivity index (χ1v) is 18.1. The van der Waals surface area contributed by atoms with Crippen molar-refractivity contribution in [3.05, 3.63) is 69.0 Å². The first-order valence-electron chi connectivity index (χ1n) is 15.6. The van der Waals surface area contributed by atoms with Crippen molar-refractivity contribution in [1.29, 1.82) is 5.26 Å². The van der Waals surface area contributed by atoms with E-state index in [9.17, 15) is 43.2 Å². The maximum absolute atomic E-state index is 14.3. The summed E-state index contributed by atoms with van der Waals surface area (Å²) in [6.07, 6.45) is 5.44. The van der Waals surface area contributed by atoms with E-state index in [-0.39, 0.29) is 52.9 Å². The second kappa shape index (κ2) is 13.0. The van der Waals surface area contributed by atoms with Crippen molar-refractivity contribution in [2.75, 3.05) is 13.1 Å². The number of hydrogen-bond acceptors (Lipinski definition) is 7. The number of thiophene rings is 1. The summed E-state index contributed by atoms with van der Waals surface area (Å²) in [6, 6.07) is 9.41. The first-order chi connectivity index (χ1) is 22.3. The van der Waals surface area contributed by atoms with Crippen LogP contribution in [0.2, 0.25) is 0 Å². The van der Waals surface area contributed by atoms with Gasteiger partial charge in [0, 0.05) is 49.1 Å². The minimum Gasteiger partial charge on any atom is -0.340 e. The number of benzene rings is 1. The number of pyridine rings is 1. The average molecular weight is 684 g/mol. The van der Waals surface area contributed by atoms with Crippen LogP contribution in [0.4, 0.5) is 4.39 Å². The molecule has 3 fully saturated rings. The molecule has 12 nitrogen and oxygen atoms in total. The molecule has 0 aliphatic carbocycles. The largest absolute Gasteiger partial charge is 0.363 e. The van der Waals surface area contributed by atoms with E-state index in [2.05, 4.69) is 11.4 Å². The highest BCUT2D eigenvalue weighted by Crippen LogP contribution is 2.53. The lowest BCUT2D eigenvalue weighted by atomic mass is 9.91. The fourth-order valence-electron chi connectivity index (χ4n) is 7.11. The molecule has 3 amide bonds. The highest BCUT2D eigenvalue weighted by atomic mass is 32.1. The fourth-order valence-corrected chi connectivity index (χ4v) is 8.61. The Hall–Kier alpha value is -3.89. The molecule has 2 aromatic heterocycles. The number of rotatable bonds is 6. The van der Waals surface area contributed by atoms with Crippen LogP contribution in [0.3, 0.4) is 0 Å². The molecule has 0 bridgehead atoms. The number of hydrogen-bond donors (Lipinski definition) is 3. The Labute approximate surface area is 273 Å². The maximum atomic E-state index is 14.3. The van der Waals surface area contributed by atoms with Gasteiger partial charge in [0.15, 0.2) is 0 Å². The molecule has 0 saturated carbocycles. The zero-order chi connectivity index (χ0) is 33.6. The Kier molecular flexibility index (Phi) is 9.11. The molecule has 15 heteroatoms. The van der Waals surface area contributed by atoms with Gasteiger partial charge in [-0.25, -0.2) is 4.39 Å². The lowest BCUT2D eigenvalue weighted by molar-refractivity contribution is -0.146. The summed E-state index contributed by atoms with van der Waals surface area (Å²) in [5.41, 5.74) is 0.309. The van der Waals surface area contributed by atoms with Gasteiger partial charge < -0.3 is 29.5 Å². The number of likely N-dealkylation sites (tertiary alicyclic amines) is 1. The van der Waals surface area contributed by atoms with E-state index in [4.69, 9.17) is 0 Å². The Morgan fingerprint density at radius 1 is 1.09 bits per heavy atom. The lowest BCUT2D eigenvalue weighted by Crippen LogP contribution is -2.56. The van der Waals surface area contributed by atoms with Gasteiger partial charge in [-0.2, -0.15) is 5.26 Å². The highest BCUT2D eigenvalue weighted by Gasteiger charge is 2.47. The summed E-state index contributed by atoms with van der Waals surface area (Å²) in [7, 11) is -3.36. The number of halogens is 1. The van der Waals surface area contributed by atoms with Gasteiger partial charge in [0.1, 0.15) is 12.1 Å². The standard InChI is InChI=1S/C32H35FN5O7PS/c1-36-11-10-18(14-28(36)39)23-17-37(16-21(23)15-34)32(42)25-8-7-22-4-2-3-5-24(31(41)38(22)25)35-30(40)27-13-20-12-19(6-9-26(20)47-27)29(33)46(43,44)45/h6,9-14,21-25,29H,2-5,7-8,16-17H2,1H3,(H,35,40)(H2,43,44,45)/t21-,22-,23+,24-,25-,29?/m0/s1. The minimum atomic E-state index is -5.00. The molecule has 3 aromatic rings. The van der Waals surface area contributed by atoms with E-state index in [1.54, 1.807) is 29.1 Å². The maximum Gasteiger partial charge on any atom is 0.363 e. The van der Waals surface area contributed by atoms with Crippen molar-refractivity contribution in [3.8, 4) is 6.07 Å². The van der Waals surface area contributed by atoms with E-state index in [1.807, 2.05) is 0 Å². The monoisotopic (exact) mass is 683 g/mol. The van der Waals surface area contributed by atoms with Crippen LogP contribution >= 0.6 is 18.9 Å². The van der Waals surface area contributed by atoms with Gasteiger partial charge in [0.25, 0.3) is 11.5 Å². The summed E-state index contributed by atoms with van der Waals surface area (Å²) >= 11 is 1.11. The second-order valence-electron chi connectivity index (χ2n) is 12.6. The summed E-state index contributed by atoms with van der Waals surface area (Å²) in [5, 5.41) is 13.2. The molecule has 3 aliphatic rings. The zero-order valence-corrected chi connectivity index (χ0v) is 27.3. The number of nitriles is 1. The molecule has 5 heterocycles. The molecule has 1 aromatic carbocycles. The van der Waals surface area contributed by atoms with E-state index in [1.165, 1.54) is 34.9 Å². The number of carbonyl (C=O) groups excluding carboxylic acids is 3. The highest BCUT2D eigenvalue weighted by molar-refractivity contribution is 7.51. The second-order valence-corrected chi connectivity index (χ2v) is 15.3. The predicted molar refractivity (Wildman–Crippen MR) is 171 cm³/mol. The molecule has 6 rings (SSSR count). The molecule has 47 heavy (non-hydrogen) atoms. The minimum absolute atomic E-state index is 0.149. The summed E-state index contributed by atoms with van der Waals surface area (Å²) < 4.78 is 27.7. The predicted octanol–water partition coefficient (Wildman–Crippen LogP) is 3.54. The van der Waals surface area contributed by atoms with E-state index in [0.717, 1.165) is 24.2 Å². The van der Waals surface area contributed by atoms with Crippen LogP contribution in [-0.4, -0.2) is 73.1 Å². The SMILES string of the molecule is Cn1ccc([C@H]2CN(C(=O)[C@@H]3CC[C@@H]4CCCC[C@H](NC(=O)c5cc6cc(C(F)P(=O)(O)O)ccc6s5)C(=O)N43)C[C@@H]2C#N)cc1=O. The van der Waals surface area contributed by atoms with Gasteiger partial charge in [-0.15, -0.1) is 11.3 Å². The van der Waals surface area contributed by atoms with Gasteiger partial charge in [-0.1, -0.05) is 18.9 Å². The summed E-state index contributed by atoms with van der Waals surface area (Å²) in [4.78, 5) is 75.7. The third-order valence-corrected chi connectivity index (χ3v) is 11.6. The number of fused-ring (bicyclic) bond motifs is 2. The number of alkyl halides is 1. The number of amides is 3. The van der Waals surface area contributed by atoms with E-state index >= 15 is 0 Å². The van der Waals surface area contributed by atoms with Crippen LogP contribution < -0.4 is 10.9 Å². The van der Waals surface area contributed by atoms with Gasteiger partial charge in [-0.05, 0) is 66.5 Å². The van der Waals surface area contributed by atoms with Crippen LogP contribution in [0.1, 0.15) is 71.2 Å². The Morgan fingerprint density at radius 3 is 2.57 bits per heavy atom. The summed E-state index contributed by atoms with van der Waals surface area (Å²) in [5.74, 6) is -4.38. The summed E-state index contributed by atoms with van der Waals surface area (Å²) in [6.45, 7) is 0.460. The molecular weight excluding hydrogens is 648 g/mol. The van der Waals surface area contributed by atoms with Crippen molar-refractivity contribution < 1.29 is 33.1 Å². The van der Waals surface area contributed by atoms with Gasteiger partial charge >= 0.3 is 7.60 Å². The zero-order valence-electron chi connectivity index (χ0n) is 25.6. The fraction of sp³-hybridized carbons (Fsp3) is 0.469. The van der Waals surface area contributed by atoms with Crippen molar-refractivity contribution in [2.45, 2.75) is 68.5 Å². The van der Waals surface area contributed by atoms with Crippen molar-refractivity contribution in [3.63, 3.8) is 0 Å². The third-order valence-electron chi connectivity index (χ3n) is 9.61. The first kappa shape index (κ1) is 33.0. The Bertz CT molecular complexity index is 1880. The van der Waals surface area contributed by atoms with Crippen LogP contribution in [-0.2, 0) is 21.2 Å². The molecule has 3 aliphatic heterocycles. The van der Waals surface area contributed by atoms with Crippen LogP contribution in [0.25, 0.3) is 10.1 Å². The number of nitrogens with zero attached hydrogens (tertiary/aromatic N) is 4. The number of aryl methyl sites for hydroxylation is 1. The number of nitrogens with one attached hydrogen (secondary N) is 1. The smallest absolute Gasteiger partial charge is 0.340 e. The number of aromatic nitrogens is 1. The van der Waals surface area contributed by atoms with E-state index < -0.39 is 37.4 Å². The van der Waals surface area contributed by atoms with Crippen molar-refractivity contribution >= 4 is 46.7 Å².